The molecule has 2 heterocycles. The summed E-state index contributed by atoms with van der Waals surface area (Å²) in [6.07, 6.45) is 27.0. The third-order valence-electron chi connectivity index (χ3n) is 17.1. The number of benzene rings is 1. The number of allylic oxidation sites excluding steroid dienone is 3. The van der Waals surface area contributed by atoms with Crippen LogP contribution in [0, 0.1) is 76.4 Å². The quantitative estimate of drug-likeness (QED) is 0.267. The molecule has 7 saturated carbocycles. The molecule has 8 aliphatic carbocycles. The third kappa shape index (κ3) is 3.77. The molecule has 10 aliphatic rings. The maximum Gasteiger partial charge on any atom is 0.137 e. The van der Waals surface area contributed by atoms with Crippen molar-refractivity contribution in [2.75, 3.05) is 5.32 Å². The number of rotatable bonds is 4. The maximum atomic E-state index is 12.7. The van der Waals surface area contributed by atoms with Crippen molar-refractivity contribution in [1.82, 2.24) is 0 Å². The summed E-state index contributed by atoms with van der Waals surface area (Å²) in [4.78, 5) is 12.7. The van der Waals surface area contributed by atoms with Crippen molar-refractivity contribution in [3.63, 3.8) is 0 Å². The normalized spacial score (nSPS) is 51.4. The van der Waals surface area contributed by atoms with E-state index in [1.54, 1.807) is 11.1 Å². The van der Waals surface area contributed by atoms with Gasteiger partial charge < -0.3 is 15.8 Å². The van der Waals surface area contributed by atoms with Crippen molar-refractivity contribution >= 4 is 12.0 Å². The number of hydrogen-bond acceptors (Lipinski definition) is 3. The van der Waals surface area contributed by atoms with Gasteiger partial charge in [-0.2, -0.15) is 0 Å². The fourth-order valence-electron chi connectivity index (χ4n) is 15.4. The maximum absolute atomic E-state index is 12.7. The minimum Gasteiger partial charge on any atom is -0.379 e. The van der Waals surface area contributed by atoms with E-state index in [2.05, 4.69) is 41.7 Å². The van der Waals surface area contributed by atoms with Crippen LogP contribution >= 0.6 is 0 Å². The predicted octanol–water partition coefficient (Wildman–Crippen LogP) is 8.91. The minimum atomic E-state index is -0.321. The van der Waals surface area contributed by atoms with Gasteiger partial charge in [0.05, 0.1) is 6.04 Å². The van der Waals surface area contributed by atoms with Gasteiger partial charge in [-0.1, -0.05) is 74.6 Å². The fourth-order valence-corrected chi connectivity index (χ4v) is 15.4. The molecule has 15 unspecified atom stereocenters. The number of carbonyl (C=O) groups is 1. The van der Waals surface area contributed by atoms with E-state index in [9.17, 15) is 4.79 Å². The number of carbonyl (C=O) groups excluding carboxylic acids is 1. The summed E-state index contributed by atoms with van der Waals surface area (Å²) in [5, 5.41) is 4.30. The molecule has 11 rings (SSSR count). The number of nitrogens with two attached hydrogens (primary N) is 1. The average molecular weight is 605 g/mol. The van der Waals surface area contributed by atoms with Gasteiger partial charge in [0.1, 0.15) is 6.29 Å². The number of fused-ring (bicyclic) bond motifs is 7. The summed E-state index contributed by atoms with van der Waals surface area (Å²) >= 11 is 0. The van der Waals surface area contributed by atoms with Gasteiger partial charge in [-0.05, 0) is 153 Å². The minimum absolute atomic E-state index is 0.00954. The highest BCUT2D eigenvalue weighted by molar-refractivity contribution is 5.62. The van der Waals surface area contributed by atoms with Crippen molar-refractivity contribution in [2.24, 2.45) is 82.2 Å². The van der Waals surface area contributed by atoms with E-state index >= 15 is 0 Å². The van der Waals surface area contributed by atoms with Crippen molar-refractivity contribution in [3.8, 4) is 0 Å². The summed E-state index contributed by atoms with van der Waals surface area (Å²) in [7, 11) is 0. The zero-order valence-corrected chi connectivity index (χ0v) is 27.4. The lowest BCUT2D eigenvalue weighted by atomic mass is 9.65. The Morgan fingerprint density at radius 2 is 1.73 bits per heavy atom. The van der Waals surface area contributed by atoms with Crippen LogP contribution in [-0.4, -0.2) is 17.9 Å². The van der Waals surface area contributed by atoms with Crippen molar-refractivity contribution in [3.05, 3.63) is 54.1 Å². The number of para-hydroxylation sites is 1. The van der Waals surface area contributed by atoms with Gasteiger partial charge in [0, 0.05) is 16.6 Å². The van der Waals surface area contributed by atoms with E-state index < -0.39 is 0 Å². The SMILES string of the molecule is C=C1CCC2C(C3CC(C4CCCCC4)CC13)C2(C(N)C=O)C1C=CC2C(CC3C2CC2CC4CCC23Nc2ccccc24)C1. The van der Waals surface area contributed by atoms with E-state index in [1.165, 1.54) is 102 Å². The van der Waals surface area contributed by atoms with E-state index in [1.807, 2.05) is 0 Å². The highest BCUT2D eigenvalue weighted by Gasteiger charge is 2.74. The van der Waals surface area contributed by atoms with Gasteiger partial charge in [-0.25, -0.2) is 0 Å². The molecule has 2 aliphatic heterocycles. The molecule has 0 aromatic heterocycles. The Bertz CT molecular complexity index is 1410. The Morgan fingerprint density at radius 3 is 2.60 bits per heavy atom. The van der Waals surface area contributed by atoms with Crippen LogP contribution in [0.3, 0.4) is 0 Å². The standard InChI is InChI=1S/C42H56N2O/c1-24-11-14-36-40(35-20-27(19-33(24)35)25-7-3-2-4-8-25)42(36,39(43)23-45)29-12-13-31-28(18-29)21-37-34(31)22-30-17-26-15-16-41(30,37)44-38-10-6-5-9-32(26)38/h5-6,9-10,12-13,23,25-31,33-37,39-40,44H,1-4,7-8,11,14-22,43H2. The van der Waals surface area contributed by atoms with E-state index in [-0.39, 0.29) is 11.5 Å². The molecule has 3 nitrogen and oxygen atoms in total. The highest BCUT2D eigenvalue weighted by atomic mass is 16.1. The molecular formula is C42H56N2O. The second-order valence-corrected chi connectivity index (χ2v) is 18.1. The molecule has 240 valence electrons. The van der Waals surface area contributed by atoms with Crippen LogP contribution in [-0.2, 0) is 4.79 Å². The molecule has 0 saturated heterocycles. The second kappa shape index (κ2) is 10.1. The number of nitrogens with one attached hydrogen (secondary N) is 1. The van der Waals surface area contributed by atoms with Gasteiger partial charge in [-0.3, -0.25) is 0 Å². The van der Waals surface area contributed by atoms with Crippen LogP contribution in [0.15, 0.2) is 48.6 Å². The first kappa shape index (κ1) is 28.2. The summed E-state index contributed by atoms with van der Waals surface area (Å²) in [6.45, 7) is 4.70. The van der Waals surface area contributed by atoms with Gasteiger partial charge in [0.15, 0.2) is 0 Å². The zero-order valence-electron chi connectivity index (χ0n) is 27.4. The van der Waals surface area contributed by atoms with Crippen LogP contribution < -0.4 is 11.1 Å². The monoisotopic (exact) mass is 604 g/mol. The van der Waals surface area contributed by atoms with Crippen molar-refractivity contribution < 1.29 is 4.79 Å². The highest BCUT2D eigenvalue weighted by Crippen LogP contribution is 2.77. The summed E-state index contributed by atoms with van der Waals surface area (Å²) < 4.78 is 0. The first-order valence-corrected chi connectivity index (χ1v) is 19.5. The Hall–Kier alpha value is -1.87. The van der Waals surface area contributed by atoms with E-state index in [4.69, 9.17) is 12.3 Å². The molecular weight excluding hydrogens is 548 g/mol. The van der Waals surface area contributed by atoms with E-state index in [0.29, 0.717) is 35.1 Å². The van der Waals surface area contributed by atoms with Crippen LogP contribution in [0.2, 0.25) is 0 Å². The Labute approximate surface area is 271 Å². The van der Waals surface area contributed by atoms with Gasteiger partial charge in [0.2, 0.25) is 0 Å². The lowest BCUT2D eigenvalue weighted by Crippen LogP contribution is -2.49. The molecule has 3 heteroatoms. The summed E-state index contributed by atoms with van der Waals surface area (Å²) in [5.41, 5.74) is 11.9. The third-order valence-corrected chi connectivity index (χ3v) is 17.1. The molecule has 3 N–H and O–H groups in total. The Kier molecular flexibility index (Phi) is 6.30. The zero-order chi connectivity index (χ0) is 30.1. The molecule has 0 radical (unpaired) electrons. The van der Waals surface area contributed by atoms with Crippen molar-refractivity contribution in [1.29, 1.82) is 0 Å². The Balaban J connectivity index is 0.938. The first-order valence-electron chi connectivity index (χ1n) is 19.5. The number of anilines is 1. The smallest absolute Gasteiger partial charge is 0.137 e. The molecule has 1 aromatic rings. The summed E-state index contributed by atoms with van der Waals surface area (Å²) in [6, 6.07) is 8.95. The van der Waals surface area contributed by atoms with Crippen LogP contribution in [0.5, 0.6) is 0 Å². The van der Waals surface area contributed by atoms with Gasteiger partial charge in [-0.15, -0.1) is 0 Å². The number of aldehydes is 1. The van der Waals surface area contributed by atoms with Crippen molar-refractivity contribution in [2.45, 2.75) is 114 Å². The van der Waals surface area contributed by atoms with E-state index in [0.717, 1.165) is 53.8 Å². The molecule has 0 amide bonds. The van der Waals surface area contributed by atoms with Crippen LogP contribution in [0.4, 0.5) is 5.69 Å². The van der Waals surface area contributed by atoms with Gasteiger partial charge >= 0.3 is 0 Å². The first-order chi connectivity index (χ1) is 22.0. The lowest BCUT2D eigenvalue weighted by Gasteiger charge is -2.44. The van der Waals surface area contributed by atoms with Crippen LogP contribution in [0.25, 0.3) is 0 Å². The topological polar surface area (TPSA) is 55.1 Å². The molecule has 7 fully saturated rings. The van der Waals surface area contributed by atoms with Gasteiger partial charge in [0.25, 0.3) is 0 Å². The molecule has 45 heavy (non-hydrogen) atoms. The lowest BCUT2D eigenvalue weighted by molar-refractivity contribution is -0.111. The fraction of sp³-hybridized carbons (Fsp3) is 0.738. The summed E-state index contributed by atoms with van der Waals surface area (Å²) in [5.74, 6) is 9.56. The molecule has 1 aromatic carbocycles. The molecule has 1 spiro atoms. The average Bonchev–Trinajstić information content (AvgIpc) is 3.30. The largest absolute Gasteiger partial charge is 0.379 e. The number of hydrogen-bond donors (Lipinski definition) is 2. The Morgan fingerprint density at radius 1 is 0.867 bits per heavy atom. The molecule has 15 atom stereocenters. The predicted molar refractivity (Wildman–Crippen MR) is 181 cm³/mol. The van der Waals surface area contributed by atoms with Crippen LogP contribution in [0.1, 0.15) is 108 Å². The second-order valence-electron chi connectivity index (χ2n) is 18.1. The molecule has 2 bridgehead atoms.